The van der Waals surface area contributed by atoms with Crippen LogP contribution in [0.4, 0.5) is 41.7 Å². The summed E-state index contributed by atoms with van der Waals surface area (Å²) in [6.45, 7) is 3.34. The molecule has 0 atom stereocenters. The molecule has 3 aromatic rings. The van der Waals surface area contributed by atoms with Crippen LogP contribution in [-0.4, -0.2) is 59.4 Å². The van der Waals surface area contributed by atoms with Gasteiger partial charge in [0, 0.05) is 54.8 Å². The first kappa shape index (κ1) is 26.2. The highest BCUT2D eigenvalue weighted by atomic mass is 19.4. The van der Waals surface area contributed by atoms with Crippen LogP contribution in [0.25, 0.3) is 0 Å². The van der Waals surface area contributed by atoms with Gasteiger partial charge in [-0.05, 0) is 36.4 Å². The number of ether oxygens (including phenoxy) is 1. The summed E-state index contributed by atoms with van der Waals surface area (Å²) in [5.41, 5.74) is 9.24. The third-order valence-electron chi connectivity index (χ3n) is 4.88. The Morgan fingerprint density at radius 1 is 1.00 bits per heavy atom. The first-order chi connectivity index (χ1) is 17.1. The lowest BCUT2D eigenvalue weighted by atomic mass is 10.2. The molecule has 1 aliphatic heterocycles. The maximum Gasteiger partial charge on any atom is 0.490 e. The molecule has 10 nitrogen and oxygen atoms in total. The van der Waals surface area contributed by atoms with Crippen molar-refractivity contribution in [1.82, 2.24) is 9.97 Å². The Kier molecular flexibility index (Phi) is 8.62. The minimum Gasteiger partial charge on any atom is -0.475 e. The molecule has 1 saturated heterocycles. The third kappa shape index (κ3) is 7.56. The number of pyridine rings is 2. The van der Waals surface area contributed by atoms with Crippen molar-refractivity contribution in [3.63, 3.8) is 0 Å². The zero-order chi connectivity index (χ0) is 26.1. The van der Waals surface area contributed by atoms with E-state index in [4.69, 9.17) is 20.4 Å². The van der Waals surface area contributed by atoms with Crippen LogP contribution in [-0.2, 0) is 9.53 Å². The quantitative estimate of drug-likeness (QED) is 0.396. The lowest BCUT2D eigenvalue weighted by molar-refractivity contribution is -0.192. The van der Waals surface area contributed by atoms with E-state index >= 15 is 0 Å². The van der Waals surface area contributed by atoms with Gasteiger partial charge in [0.1, 0.15) is 5.82 Å². The number of carbonyl (C=O) groups is 2. The molecule has 0 saturated carbocycles. The van der Waals surface area contributed by atoms with Crippen LogP contribution in [0.1, 0.15) is 10.4 Å². The van der Waals surface area contributed by atoms with E-state index in [-0.39, 0.29) is 0 Å². The Hall–Kier alpha value is -4.39. The first-order valence-corrected chi connectivity index (χ1v) is 10.6. The fourth-order valence-corrected chi connectivity index (χ4v) is 3.16. The SMILES string of the molecule is NC(=O)c1cnccc1Nc1ccnc(Nc2ccc(N3CCOCC3)cc2)c1.O=C(O)C(F)(F)F. The van der Waals surface area contributed by atoms with Gasteiger partial charge in [-0.25, -0.2) is 9.78 Å². The summed E-state index contributed by atoms with van der Waals surface area (Å²) >= 11 is 0. The van der Waals surface area contributed by atoms with Gasteiger partial charge in [0.25, 0.3) is 5.91 Å². The molecule has 3 heterocycles. The highest BCUT2D eigenvalue weighted by Gasteiger charge is 2.38. The van der Waals surface area contributed by atoms with Gasteiger partial charge in [-0.3, -0.25) is 9.78 Å². The highest BCUT2D eigenvalue weighted by Crippen LogP contribution is 2.24. The van der Waals surface area contributed by atoms with Crippen molar-refractivity contribution in [3.8, 4) is 0 Å². The number of hydrogen-bond acceptors (Lipinski definition) is 8. The zero-order valence-corrected chi connectivity index (χ0v) is 18.8. The number of primary amides is 1. The highest BCUT2D eigenvalue weighted by molar-refractivity contribution is 5.98. The number of aromatic nitrogens is 2. The van der Waals surface area contributed by atoms with Crippen molar-refractivity contribution >= 4 is 40.4 Å². The molecule has 1 aromatic carbocycles. The molecular weight excluding hydrogens is 481 g/mol. The number of anilines is 5. The molecule has 0 spiro atoms. The van der Waals surface area contributed by atoms with E-state index in [2.05, 4.69) is 37.6 Å². The number of amides is 1. The number of benzene rings is 1. The predicted octanol–water partition coefficient (Wildman–Crippen LogP) is 3.53. The maximum atomic E-state index is 11.6. The molecule has 2 aromatic heterocycles. The number of carboxylic acids is 1. The number of alkyl halides is 3. The number of morpholine rings is 1. The van der Waals surface area contributed by atoms with Crippen LogP contribution >= 0.6 is 0 Å². The van der Waals surface area contributed by atoms with Gasteiger partial charge in [-0.1, -0.05) is 0 Å². The average molecular weight is 504 g/mol. The first-order valence-electron chi connectivity index (χ1n) is 10.6. The van der Waals surface area contributed by atoms with E-state index in [1.807, 2.05) is 24.3 Å². The number of nitrogens with two attached hydrogens (primary N) is 1. The lowest BCUT2D eigenvalue weighted by Gasteiger charge is -2.28. The van der Waals surface area contributed by atoms with Gasteiger partial charge in [0.15, 0.2) is 0 Å². The topological polar surface area (TPSA) is 143 Å². The molecule has 13 heteroatoms. The Bertz CT molecular complexity index is 1180. The van der Waals surface area contributed by atoms with Crippen LogP contribution in [0, 0.1) is 0 Å². The molecule has 1 fully saturated rings. The van der Waals surface area contributed by atoms with Crippen molar-refractivity contribution in [1.29, 1.82) is 0 Å². The number of rotatable bonds is 6. The van der Waals surface area contributed by atoms with E-state index < -0.39 is 18.1 Å². The van der Waals surface area contributed by atoms with Gasteiger partial charge < -0.3 is 31.1 Å². The van der Waals surface area contributed by atoms with E-state index in [1.54, 1.807) is 18.5 Å². The molecule has 0 unspecified atom stereocenters. The second-order valence-electron chi connectivity index (χ2n) is 7.41. The summed E-state index contributed by atoms with van der Waals surface area (Å²) < 4.78 is 37.1. The van der Waals surface area contributed by atoms with Crippen molar-refractivity contribution in [2.45, 2.75) is 6.18 Å². The fourth-order valence-electron chi connectivity index (χ4n) is 3.16. The van der Waals surface area contributed by atoms with Gasteiger partial charge in [0.05, 0.1) is 24.5 Å². The Morgan fingerprint density at radius 3 is 2.28 bits per heavy atom. The minimum atomic E-state index is -5.08. The molecule has 4 rings (SSSR count). The zero-order valence-electron chi connectivity index (χ0n) is 18.8. The van der Waals surface area contributed by atoms with Crippen LogP contribution in [0.5, 0.6) is 0 Å². The number of hydrogen-bond donors (Lipinski definition) is 4. The molecule has 1 aliphatic rings. The van der Waals surface area contributed by atoms with Gasteiger partial charge in [-0.15, -0.1) is 0 Å². The molecule has 0 bridgehead atoms. The Balaban J connectivity index is 0.000000454. The average Bonchev–Trinajstić information content (AvgIpc) is 2.85. The van der Waals surface area contributed by atoms with Crippen LogP contribution < -0.4 is 21.3 Å². The second kappa shape index (κ2) is 11.8. The Labute approximate surface area is 203 Å². The summed E-state index contributed by atoms with van der Waals surface area (Å²) in [6.07, 6.45) is -0.343. The van der Waals surface area contributed by atoms with Gasteiger partial charge in [0.2, 0.25) is 0 Å². The van der Waals surface area contributed by atoms with Crippen molar-refractivity contribution < 1.29 is 32.6 Å². The standard InChI is InChI=1S/C21H22N6O2.C2HF3O2/c22-21(28)18-14-23-7-6-19(18)25-16-5-8-24-20(13-16)26-15-1-3-17(4-2-15)27-9-11-29-12-10-27;3-2(4,5)1(6)7/h1-8,13-14H,9-12H2,(H2,22,28)(H2,23,24,25,26);(H,6,7). The van der Waals surface area contributed by atoms with Crippen LogP contribution in [0.3, 0.4) is 0 Å². The molecule has 0 aliphatic carbocycles. The fraction of sp³-hybridized carbons (Fsp3) is 0.217. The number of halogens is 3. The minimum absolute atomic E-state index is 0.331. The summed E-state index contributed by atoms with van der Waals surface area (Å²) in [6, 6.07) is 13.6. The number of aliphatic carboxylic acids is 1. The lowest BCUT2D eigenvalue weighted by Crippen LogP contribution is -2.36. The molecule has 0 radical (unpaired) electrons. The Morgan fingerprint density at radius 2 is 1.67 bits per heavy atom. The van der Waals surface area contributed by atoms with E-state index in [0.29, 0.717) is 17.1 Å². The maximum absolute atomic E-state index is 11.6. The molecular formula is C23H23F3N6O4. The largest absolute Gasteiger partial charge is 0.490 e. The molecule has 1 amide bonds. The van der Waals surface area contributed by atoms with Gasteiger partial charge in [-0.2, -0.15) is 13.2 Å². The number of nitrogens with zero attached hydrogens (tertiary/aromatic N) is 3. The van der Waals surface area contributed by atoms with E-state index in [0.717, 1.165) is 37.7 Å². The van der Waals surface area contributed by atoms with E-state index in [9.17, 15) is 18.0 Å². The number of nitrogens with one attached hydrogen (secondary N) is 2. The molecule has 190 valence electrons. The molecule has 5 N–H and O–H groups in total. The predicted molar refractivity (Wildman–Crippen MR) is 127 cm³/mol. The summed E-state index contributed by atoms with van der Waals surface area (Å²) in [7, 11) is 0. The number of carbonyl (C=O) groups excluding carboxylic acids is 1. The third-order valence-corrected chi connectivity index (χ3v) is 4.88. The van der Waals surface area contributed by atoms with Crippen molar-refractivity contribution in [2.24, 2.45) is 5.73 Å². The number of carboxylic acid groups (broad SMARTS) is 1. The smallest absolute Gasteiger partial charge is 0.475 e. The van der Waals surface area contributed by atoms with E-state index in [1.165, 1.54) is 11.9 Å². The van der Waals surface area contributed by atoms with Crippen molar-refractivity contribution in [2.75, 3.05) is 41.8 Å². The summed E-state index contributed by atoms with van der Waals surface area (Å²) in [5.74, 6) is -2.61. The second-order valence-corrected chi connectivity index (χ2v) is 7.41. The summed E-state index contributed by atoms with van der Waals surface area (Å²) in [5, 5.41) is 13.6. The molecule has 36 heavy (non-hydrogen) atoms. The monoisotopic (exact) mass is 504 g/mol. The van der Waals surface area contributed by atoms with Crippen molar-refractivity contribution in [3.05, 3.63) is 66.6 Å². The van der Waals surface area contributed by atoms with Gasteiger partial charge >= 0.3 is 12.1 Å². The summed E-state index contributed by atoms with van der Waals surface area (Å²) in [4.78, 5) is 31.1. The normalized spacial score (nSPS) is 13.2. The van der Waals surface area contributed by atoms with Crippen LogP contribution in [0.15, 0.2) is 61.1 Å². The van der Waals surface area contributed by atoms with Crippen LogP contribution in [0.2, 0.25) is 0 Å².